The number of aliphatic hydroxyl groups excluding tert-OH is 2. The first kappa shape index (κ1) is 66.9. The fraction of sp³-hybridized carbons (Fsp3) is 0.705. The molecule has 0 spiro atoms. The molecule has 12 nitrogen and oxygen atoms in total. The van der Waals surface area contributed by atoms with E-state index in [0.717, 1.165) is 148 Å². The topological polar surface area (TPSA) is 175 Å². The zero-order valence-electron chi connectivity index (χ0n) is 45.6. The van der Waals surface area contributed by atoms with Crippen LogP contribution < -0.4 is 0 Å². The summed E-state index contributed by atoms with van der Waals surface area (Å²) in [5, 5.41) is 31.4. The number of aliphatic hydroxyl groups is 2. The molecule has 0 radical (unpaired) electrons. The molecule has 1 saturated heterocycles. The summed E-state index contributed by atoms with van der Waals surface area (Å²) in [5.41, 5.74) is 0. The van der Waals surface area contributed by atoms with Crippen LogP contribution in [0, 0.1) is 0 Å². The molecule has 0 aromatic carbocycles. The summed E-state index contributed by atoms with van der Waals surface area (Å²) in [5.74, 6) is -3.18. The lowest BCUT2D eigenvalue weighted by Gasteiger charge is -2.40. The lowest BCUT2D eigenvalue weighted by atomic mass is 9.98. The fourth-order valence-electron chi connectivity index (χ4n) is 8.04. The van der Waals surface area contributed by atoms with E-state index in [1.807, 2.05) is 0 Å². The van der Waals surface area contributed by atoms with Crippen LogP contribution in [0.3, 0.4) is 0 Å². The van der Waals surface area contributed by atoms with Gasteiger partial charge in [-0.3, -0.25) is 14.4 Å². The van der Waals surface area contributed by atoms with Gasteiger partial charge in [0.1, 0.15) is 18.8 Å². The Bertz CT molecular complexity index is 1590. The summed E-state index contributed by atoms with van der Waals surface area (Å²) in [6, 6.07) is 0. The largest absolute Gasteiger partial charge is 0.479 e. The quantitative estimate of drug-likeness (QED) is 0.0228. The number of rotatable bonds is 47. The van der Waals surface area contributed by atoms with E-state index in [1.54, 1.807) is 0 Å². The van der Waals surface area contributed by atoms with E-state index in [9.17, 15) is 34.5 Å². The van der Waals surface area contributed by atoms with Crippen molar-refractivity contribution in [1.82, 2.24) is 0 Å². The highest BCUT2D eigenvalue weighted by Gasteiger charge is 2.50. The molecule has 73 heavy (non-hydrogen) atoms. The first-order valence-electron chi connectivity index (χ1n) is 28.6. The first-order chi connectivity index (χ1) is 35.6. The summed E-state index contributed by atoms with van der Waals surface area (Å²) in [7, 11) is 0. The number of esters is 3. The van der Waals surface area contributed by atoms with Crippen LogP contribution in [-0.2, 0) is 42.9 Å². The second-order valence-corrected chi connectivity index (χ2v) is 19.2. The van der Waals surface area contributed by atoms with Gasteiger partial charge in [0.15, 0.2) is 24.6 Å². The Morgan fingerprint density at radius 2 is 0.890 bits per heavy atom. The molecule has 6 unspecified atom stereocenters. The first-order valence-corrected chi connectivity index (χ1v) is 28.6. The van der Waals surface area contributed by atoms with Crippen LogP contribution in [0.5, 0.6) is 0 Å². The van der Waals surface area contributed by atoms with E-state index in [4.69, 9.17) is 23.7 Å². The zero-order valence-corrected chi connectivity index (χ0v) is 45.6. The molecule has 12 heteroatoms. The van der Waals surface area contributed by atoms with Gasteiger partial charge in [-0.25, -0.2) is 4.79 Å². The van der Waals surface area contributed by atoms with Gasteiger partial charge in [0.25, 0.3) is 0 Å². The van der Waals surface area contributed by atoms with Crippen molar-refractivity contribution in [2.45, 2.75) is 263 Å². The minimum Gasteiger partial charge on any atom is -0.479 e. The SMILES string of the molecule is CC/C=C\C/C=C\C/C=C\CCCCCCCC(=O)OCC(COC1OC(C(=O)O)C(O)C(O)C1OC(=O)CCCCCCC/C=C\C/C=C\CCCCC)OC(=O)CCCCCCC/C=C\C/C=C\CCC. The van der Waals surface area contributed by atoms with Gasteiger partial charge in [0, 0.05) is 19.3 Å². The van der Waals surface area contributed by atoms with Crippen LogP contribution in [-0.4, -0.2) is 89.2 Å². The third-order valence-corrected chi connectivity index (χ3v) is 12.4. The molecule has 6 atom stereocenters. The van der Waals surface area contributed by atoms with Crippen LogP contribution in [0.25, 0.3) is 0 Å². The van der Waals surface area contributed by atoms with E-state index in [2.05, 4.69) is 106 Å². The van der Waals surface area contributed by atoms with Crippen LogP contribution in [0.15, 0.2) is 85.1 Å². The highest BCUT2D eigenvalue weighted by atomic mass is 16.7. The number of hydrogen-bond donors (Lipinski definition) is 3. The normalized spacial score (nSPS) is 18.9. The standard InChI is InChI=1S/C61H100O12/c1-4-7-10-13-16-19-22-25-27-30-32-35-38-41-44-47-53(62)69-50-52(71-54(63)48-45-42-39-36-33-29-24-21-18-15-12-9-6-3)51-70-61-59(57(66)56(65)58(73-61)60(67)68)72-55(64)49-46-43-40-37-34-31-28-26-23-20-17-14-11-8-5-2/h7,10,12,15-17,19-21,24-28,52,56-59,61,65-66H,4-6,8-9,11,13-14,18,22-23,29-51H2,1-3H3,(H,67,68)/b10-7-,15-12-,19-16-,20-17-,24-21-,27-25-,28-26-. The third-order valence-electron chi connectivity index (χ3n) is 12.4. The molecule has 0 bridgehead atoms. The molecule has 3 N–H and O–H groups in total. The van der Waals surface area contributed by atoms with Gasteiger partial charge in [-0.05, 0) is 109 Å². The second-order valence-electron chi connectivity index (χ2n) is 19.2. The lowest BCUT2D eigenvalue weighted by molar-refractivity contribution is -0.301. The maximum absolute atomic E-state index is 13.1. The third kappa shape index (κ3) is 39.0. The molecule has 0 amide bonds. The number of aliphatic carboxylic acids is 1. The van der Waals surface area contributed by atoms with E-state index in [-0.39, 0.29) is 25.9 Å². The molecule has 1 fully saturated rings. The van der Waals surface area contributed by atoms with Crippen molar-refractivity contribution in [2.75, 3.05) is 13.2 Å². The summed E-state index contributed by atoms with van der Waals surface area (Å²) in [4.78, 5) is 51.0. The number of carboxylic acids is 1. The summed E-state index contributed by atoms with van der Waals surface area (Å²) in [6.07, 6.45) is 49.8. The number of allylic oxidation sites excluding steroid dienone is 14. The van der Waals surface area contributed by atoms with Crippen molar-refractivity contribution >= 4 is 23.9 Å². The van der Waals surface area contributed by atoms with Crippen LogP contribution in [0.4, 0.5) is 0 Å². The highest BCUT2D eigenvalue weighted by molar-refractivity contribution is 5.74. The van der Waals surface area contributed by atoms with Gasteiger partial charge in [0.05, 0.1) is 6.61 Å². The monoisotopic (exact) mass is 1020 g/mol. The van der Waals surface area contributed by atoms with Crippen molar-refractivity contribution in [3.05, 3.63) is 85.1 Å². The molecule has 416 valence electrons. The van der Waals surface area contributed by atoms with Gasteiger partial charge in [-0.2, -0.15) is 0 Å². The minimum absolute atomic E-state index is 0.0380. The van der Waals surface area contributed by atoms with Gasteiger partial charge >= 0.3 is 23.9 Å². The van der Waals surface area contributed by atoms with Gasteiger partial charge in [0.2, 0.25) is 0 Å². The molecule has 0 aromatic heterocycles. The van der Waals surface area contributed by atoms with Crippen molar-refractivity contribution < 1.29 is 58.2 Å². The molecule has 1 rings (SSSR count). The van der Waals surface area contributed by atoms with Gasteiger partial charge in [-0.1, -0.05) is 183 Å². The number of hydrogen-bond acceptors (Lipinski definition) is 11. The second kappa shape index (κ2) is 48.8. The number of unbranched alkanes of at least 4 members (excludes halogenated alkanes) is 19. The highest BCUT2D eigenvalue weighted by Crippen LogP contribution is 2.26. The number of carbonyl (C=O) groups excluding carboxylic acids is 3. The molecule has 1 aliphatic heterocycles. The van der Waals surface area contributed by atoms with Crippen molar-refractivity contribution in [2.24, 2.45) is 0 Å². The average Bonchev–Trinajstić information content (AvgIpc) is 3.37. The average molecular weight is 1030 g/mol. The zero-order chi connectivity index (χ0) is 53.3. The van der Waals surface area contributed by atoms with Crippen molar-refractivity contribution in [3.63, 3.8) is 0 Å². The van der Waals surface area contributed by atoms with E-state index >= 15 is 0 Å². The smallest absolute Gasteiger partial charge is 0.335 e. The molecular weight excluding hydrogens is 925 g/mol. The van der Waals surface area contributed by atoms with E-state index in [0.29, 0.717) is 19.3 Å². The number of ether oxygens (including phenoxy) is 5. The predicted octanol–water partition coefficient (Wildman–Crippen LogP) is 14.3. The Balaban J connectivity index is 2.73. The van der Waals surface area contributed by atoms with Crippen LogP contribution in [0.2, 0.25) is 0 Å². The Kier molecular flexibility index (Phi) is 44.7. The van der Waals surface area contributed by atoms with Crippen molar-refractivity contribution in [3.8, 4) is 0 Å². The van der Waals surface area contributed by atoms with E-state index in [1.165, 1.54) is 19.3 Å². The molecule has 1 aliphatic rings. The molecule has 0 saturated carbocycles. The Morgan fingerprint density at radius 1 is 0.466 bits per heavy atom. The van der Waals surface area contributed by atoms with Crippen molar-refractivity contribution in [1.29, 1.82) is 0 Å². The Hall–Kier alpha value is -4.10. The molecule has 0 aliphatic carbocycles. The van der Waals surface area contributed by atoms with Gasteiger partial charge in [-0.15, -0.1) is 0 Å². The Labute approximate surface area is 441 Å². The minimum atomic E-state index is -1.91. The fourth-order valence-corrected chi connectivity index (χ4v) is 8.04. The van der Waals surface area contributed by atoms with E-state index < -0.39 is 67.3 Å². The molecule has 0 aromatic rings. The lowest BCUT2D eigenvalue weighted by Crippen LogP contribution is -2.61. The molecular formula is C61H100O12. The molecule has 1 heterocycles. The maximum atomic E-state index is 13.1. The maximum Gasteiger partial charge on any atom is 0.335 e. The Morgan fingerprint density at radius 3 is 1.37 bits per heavy atom. The number of carbonyl (C=O) groups is 4. The number of carboxylic acid groups (broad SMARTS) is 1. The predicted molar refractivity (Wildman–Crippen MR) is 294 cm³/mol. The summed E-state index contributed by atoms with van der Waals surface area (Å²) >= 11 is 0. The summed E-state index contributed by atoms with van der Waals surface area (Å²) in [6.45, 7) is 5.74. The van der Waals surface area contributed by atoms with Gasteiger partial charge < -0.3 is 39.0 Å². The van der Waals surface area contributed by atoms with Crippen LogP contribution >= 0.6 is 0 Å². The van der Waals surface area contributed by atoms with Crippen LogP contribution in [0.1, 0.15) is 226 Å². The summed E-state index contributed by atoms with van der Waals surface area (Å²) < 4.78 is 28.3.